The normalized spacial score (nSPS) is 12.7. The molecule has 4 heteroatoms. The zero-order valence-corrected chi connectivity index (χ0v) is 5.93. The van der Waals surface area contributed by atoms with Gasteiger partial charge in [0, 0.05) is 6.42 Å². The van der Waals surface area contributed by atoms with Crippen LogP contribution in [0.5, 0.6) is 0 Å². The maximum Gasteiger partial charge on any atom is 0.506 e. The topological polar surface area (TPSA) is 66.8 Å². The van der Waals surface area contributed by atoms with E-state index < -0.39 is 12.3 Å². The molecule has 0 spiro atoms. The standard InChI is InChI=1S/C7H10O4/c1-2-3-6(4-5-8)11-7(9)10/h2,4-6,8H,1,3H2,(H,9,10). The van der Waals surface area contributed by atoms with E-state index in [0.29, 0.717) is 6.42 Å². The van der Waals surface area contributed by atoms with Crippen molar-refractivity contribution in [1.29, 1.82) is 0 Å². The van der Waals surface area contributed by atoms with Crippen LogP contribution in [0.2, 0.25) is 0 Å². The van der Waals surface area contributed by atoms with E-state index in [4.69, 9.17) is 10.2 Å². The molecule has 4 nitrogen and oxygen atoms in total. The number of ether oxygens (including phenoxy) is 1. The summed E-state index contributed by atoms with van der Waals surface area (Å²) in [5.41, 5.74) is 0. The molecule has 0 aromatic heterocycles. The molecule has 0 aliphatic heterocycles. The SMILES string of the molecule is C=CCC(C=CO)OC(=O)O. The van der Waals surface area contributed by atoms with Crippen LogP contribution in [0.1, 0.15) is 6.42 Å². The highest BCUT2D eigenvalue weighted by molar-refractivity contribution is 5.57. The summed E-state index contributed by atoms with van der Waals surface area (Å²) in [6.45, 7) is 3.40. The van der Waals surface area contributed by atoms with Gasteiger partial charge in [-0.1, -0.05) is 6.08 Å². The zero-order chi connectivity index (χ0) is 8.69. The summed E-state index contributed by atoms with van der Waals surface area (Å²) < 4.78 is 4.33. The van der Waals surface area contributed by atoms with Crippen LogP contribution in [0.15, 0.2) is 25.0 Å². The molecule has 0 rings (SSSR count). The van der Waals surface area contributed by atoms with Crippen LogP contribution in [-0.4, -0.2) is 22.5 Å². The second kappa shape index (κ2) is 5.34. The lowest BCUT2D eigenvalue weighted by molar-refractivity contribution is 0.0696. The van der Waals surface area contributed by atoms with Crippen LogP contribution in [0.3, 0.4) is 0 Å². The van der Waals surface area contributed by atoms with Gasteiger partial charge in [-0.3, -0.25) is 0 Å². The van der Waals surface area contributed by atoms with E-state index in [1.807, 2.05) is 0 Å². The average molecular weight is 158 g/mol. The second-order valence-electron chi connectivity index (χ2n) is 1.79. The monoisotopic (exact) mass is 158 g/mol. The lowest BCUT2D eigenvalue weighted by Crippen LogP contribution is -2.13. The quantitative estimate of drug-likeness (QED) is 0.371. The molecular weight excluding hydrogens is 148 g/mol. The molecule has 0 fully saturated rings. The molecule has 62 valence electrons. The number of hydrogen-bond acceptors (Lipinski definition) is 3. The first-order valence-corrected chi connectivity index (χ1v) is 3.02. The van der Waals surface area contributed by atoms with Gasteiger partial charge in [-0.25, -0.2) is 4.79 Å². The van der Waals surface area contributed by atoms with E-state index in [1.54, 1.807) is 0 Å². The van der Waals surface area contributed by atoms with Gasteiger partial charge in [0.15, 0.2) is 0 Å². The van der Waals surface area contributed by atoms with Crippen molar-refractivity contribution in [1.82, 2.24) is 0 Å². The molecule has 0 aromatic rings. The average Bonchev–Trinajstić information content (AvgIpc) is 1.87. The fraction of sp³-hybridized carbons (Fsp3) is 0.286. The summed E-state index contributed by atoms with van der Waals surface area (Å²) in [5, 5.41) is 16.5. The lowest BCUT2D eigenvalue weighted by Gasteiger charge is -2.07. The highest BCUT2D eigenvalue weighted by atomic mass is 16.7. The predicted octanol–water partition coefficient (Wildman–Crippen LogP) is 1.70. The summed E-state index contributed by atoms with van der Waals surface area (Å²) in [6.07, 6.45) is 1.83. The Morgan fingerprint density at radius 3 is 2.73 bits per heavy atom. The minimum Gasteiger partial charge on any atom is -0.516 e. The second-order valence-corrected chi connectivity index (χ2v) is 1.79. The van der Waals surface area contributed by atoms with E-state index in [1.165, 1.54) is 12.2 Å². The van der Waals surface area contributed by atoms with Crippen molar-refractivity contribution < 1.29 is 19.7 Å². The predicted molar refractivity (Wildman–Crippen MR) is 39.5 cm³/mol. The summed E-state index contributed by atoms with van der Waals surface area (Å²) in [7, 11) is 0. The lowest BCUT2D eigenvalue weighted by atomic mass is 10.2. The van der Waals surface area contributed by atoms with Crippen molar-refractivity contribution in [3.63, 3.8) is 0 Å². The number of carbonyl (C=O) groups is 1. The van der Waals surface area contributed by atoms with Crippen LogP contribution in [0, 0.1) is 0 Å². The first-order valence-electron chi connectivity index (χ1n) is 3.02. The molecule has 11 heavy (non-hydrogen) atoms. The number of hydrogen-bond donors (Lipinski definition) is 2. The van der Waals surface area contributed by atoms with Crippen molar-refractivity contribution in [3.05, 3.63) is 25.0 Å². The molecule has 0 radical (unpaired) electrons. The van der Waals surface area contributed by atoms with Crippen LogP contribution >= 0.6 is 0 Å². The third-order valence-corrected chi connectivity index (χ3v) is 0.952. The van der Waals surface area contributed by atoms with Gasteiger partial charge in [-0.2, -0.15) is 0 Å². The third-order valence-electron chi connectivity index (χ3n) is 0.952. The van der Waals surface area contributed by atoms with Crippen LogP contribution in [-0.2, 0) is 4.74 Å². The van der Waals surface area contributed by atoms with Gasteiger partial charge in [-0.15, -0.1) is 6.58 Å². The Balaban J connectivity index is 3.87. The fourth-order valence-corrected chi connectivity index (χ4v) is 0.556. The molecule has 1 unspecified atom stereocenters. The van der Waals surface area contributed by atoms with E-state index in [0.717, 1.165) is 6.26 Å². The molecule has 0 amide bonds. The number of carboxylic acid groups (broad SMARTS) is 1. The largest absolute Gasteiger partial charge is 0.516 e. The maximum atomic E-state index is 9.99. The molecule has 0 aliphatic rings. The molecule has 0 aliphatic carbocycles. The fourth-order valence-electron chi connectivity index (χ4n) is 0.556. The summed E-state index contributed by atoms with van der Waals surface area (Å²) in [4.78, 5) is 9.99. The smallest absolute Gasteiger partial charge is 0.506 e. The Morgan fingerprint density at radius 1 is 1.73 bits per heavy atom. The molecule has 0 aromatic carbocycles. The van der Waals surface area contributed by atoms with Gasteiger partial charge >= 0.3 is 6.16 Å². The molecule has 0 heterocycles. The minimum atomic E-state index is -1.37. The minimum absolute atomic E-state index is 0.351. The summed E-state index contributed by atoms with van der Waals surface area (Å²) in [5.74, 6) is 0. The van der Waals surface area contributed by atoms with Crippen molar-refractivity contribution >= 4 is 6.16 Å². The first kappa shape index (κ1) is 9.55. The van der Waals surface area contributed by atoms with Gasteiger partial charge in [0.25, 0.3) is 0 Å². The highest BCUT2D eigenvalue weighted by Crippen LogP contribution is 2.00. The summed E-state index contributed by atoms with van der Waals surface area (Å²) >= 11 is 0. The summed E-state index contributed by atoms with van der Waals surface area (Å²) in [6, 6.07) is 0. The first-order chi connectivity index (χ1) is 5.20. The van der Waals surface area contributed by atoms with Gasteiger partial charge in [0.1, 0.15) is 6.10 Å². The Hall–Kier alpha value is -1.45. The maximum absolute atomic E-state index is 9.99. The van der Waals surface area contributed by atoms with Crippen molar-refractivity contribution in [3.8, 4) is 0 Å². The van der Waals surface area contributed by atoms with Crippen LogP contribution in [0.25, 0.3) is 0 Å². The van der Waals surface area contributed by atoms with Crippen LogP contribution < -0.4 is 0 Å². The van der Waals surface area contributed by atoms with Crippen LogP contribution in [0.4, 0.5) is 4.79 Å². The van der Waals surface area contributed by atoms with Gasteiger partial charge in [0.2, 0.25) is 0 Å². The molecule has 0 saturated heterocycles. The molecule has 0 saturated carbocycles. The Morgan fingerprint density at radius 2 is 2.36 bits per heavy atom. The Bertz CT molecular complexity index is 162. The van der Waals surface area contributed by atoms with Crippen molar-refractivity contribution in [2.75, 3.05) is 0 Å². The van der Waals surface area contributed by atoms with Crippen molar-refractivity contribution in [2.24, 2.45) is 0 Å². The third kappa shape index (κ3) is 5.02. The molecule has 1 atom stereocenters. The number of aliphatic hydroxyl groups excluding tert-OH is 1. The molecule has 0 bridgehead atoms. The van der Waals surface area contributed by atoms with Gasteiger partial charge in [0.05, 0.1) is 6.26 Å². The van der Waals surface area contributed by atoms with Gasteiger partial charge < -0.3 is 14.9 Å². The molecular formula is C7H10O4. The van der Waals surface area contributed by atoms with E-state index in [-0.39, 0.29) is 0 Å². The van der Waals surface area contributed by atoms with E-state index >= 15 is 0 Å². The van der Waals surface area contributed by atoms with Gasteiger partial charge in [-0.05, 0) is 6.08 Å². The Labute approximate surface area is 64.4 Å². The molecule has 2 N–H and O–H groups in total. The zero-order valence-electron chi connectivity index (χ0n) is 5.93. The van der Waals surface area contributed by atoms with Crippen molar-refractivity contribution in [2.45, 2.75) is 12.5 Å². The van der Waals surface area contributed by atoms with E-state index in [2.05, 4.69) is 11.3 Å². The Kier molecular flexibility index (Phi) is 4.64. The van der Waals surface area contributed by atoms with E-state index in [9.17, 15) is 4.79 Å². The number of rotatable bonds is 4. The highest BCUT2D eigenvalue weighted by Gasteiger charge is 2.06. The number of aliphatic hydroxyl groups is 1.